The summed E-state index contributed by atoms with van der Waals surface area (Å²) in [5.74, 6) is -3.16. The van der Waals surface area contributed by atoms with Crippen LogP contribution in [0.25, 0.3) is 0 Å². The fourth-order valence-corrected chi connectivity index (χ4v) is 4.59. The summed E-state index contributed by atoms with van der Waals surface area (Å²) in [6, 6.07) is 2.86. The maximum absolute atomic E-state index is 13.6. The number of carbonyl (C=O) groups is 2. The number of hydrogen-bond acceptors (Lipinski definition) is 2. The Morgan fingerprint density at radius 3 is 2.58 bits per heavy atom. The van der Waals surface area contributed by atoms with E-state index in [1.165, 1.54) is 0 Å². The van der Waals surface area contributed by atoms with Crippen molar-refractivity contribution >= 4 is 17.5 Å². The molecule has 1 aliphatic carbocycles. The second-order valence-electron chi connectivity index (χ2n) is 8.23. The van der Waals surface area contributed by atoms with Crippen LogP contribution in [-0.4, -0.2) is 29.3 Å². The molecule has 1 saturated carbocycles. The second-order valence-corrected chi connectivity index (χ2v) is 8.23. The summed E-state index contributed by atoms with van der Waals surface area (Å²) in [4.78, 5) is 26.4. The van der Waals surface area contributed by atoms with E-state index in [9.17, 15) is 18.4 Å². The lowest BCUT2D eigenvalue weighted by atomic mass is 9.65. The van der Waals surface area contributed by atoms with Gasteiger partial charge in [-0.1, -0.05) is 20.8 Å². The van der Waals surface area contributed by atoms with Crippen molar-refractivity contribution in [1.82, 2.24) is 4.90 Å². The summed E-state index contributed by atoms with van der Waals surface area (Å²) in [6.45, 7) is 7.05. The summed E-state index contributed by atoms with van der Waals surface area (Å²) in [6.07, 6.45) is 2.75. The Labute approximate surface area is 140 Å². The number of likely N-dealkylation sites (tertiary alicyclic amines) is 1. The SMILES string of the molecule is CC1(C)CC2CC(C)(CN2C(=O)C(=O)Nc2ccc(F)cc2F)C1. The largest absolute Gasteiger partial charge is 0.331 e. The lowest BCUT2D eigenvalue weighted by Crippen LogP contribution is -2.43. The van der Waals surface area contributed by atoms with Crippen LogP contribution < -0.4 is 5.32 Å². The smallest absolute Gasteiger partial charge is 0.313 e. The minimum absolute atomic E-state index is 0.0173. The molecule has 0 aromatic heterocycles. The number of benzene rings is 1. The van der Waals surface area contributed by atoms with Crippen LogP contribution in [0.2, 0.25) is 0 Å². The van der Waals surface area contributed by atoms with Gasteiger partial charge in [-0.3, -0.25) is 9.59 Å². The lowest BCUT2D eigenvalue weighted by molar-refractivity contribution is -0.144. The Morgan fingerprint density at radius 1 is 1.21 bits per heavy atom. The predicted octanol–water partition coefficient (Wildman–Crippen LogP) is 3.33. The van der Waals surface area contributed by atoms with Crippen LogP contribution in [0.4, 0.5) is 14.5 Å². The highest BCUT2D eigenvalue weighted by Crippen LogP contribution is 2.52. The molecule has 2 atom stereocenters. The van der Waals surface area contributed by atoms with E-state index >= 15 is 0 Å². The van der Waals surface area contributed by atoms with E-state index in [-0.39, 0.29) is 22.6 Å². The molecule has 1 aliphatic heterocycles. The van der Waals surface area contributed by atoms with Gasteiger partial charge >= 0.3 is 11.8 Å². The summed E-state index contributed by atoms with van der Waals surface area (Å²) >= 11 is 0. The molecule has 2 unspecified atom stereocenters. The molecular weight excluding hydrogens is 314 g/mol. The first kappa shape index (κ1) is 16.9. The quantitative estimate of drug-likeness (QED) is 0.800. The van der Waals surface area contributed by atoms with Crippen molar-refractivity contribution in [2.75, 3.05) is 11.9 Å². The van der Waals surface area contributed by atoms with Crippen molar-refractivity contribution in [3.8, 4) is 0 Å². The van der Waals surface area contributed by atoms with Crippen molar-refractivity contribution < 1.29 is 18.4 Å². The third-order valence-corrected chi connectivity index (χ3v) is 5.05. The van der Waals surface area contributed by atoms with E-state index in [1.54, 1.807) is 4.90 Å². The number of halogens is 2. The number of hydrogen-bond donors (Lipinski definition) is 1. The van der Waals surface area contributed by atoms with Gasteiger partial charge < -0.3 is 10.2 Å². The van der Waals surface area contributed by atoms with Gasteiger partial charge in [-0.2, -0.15) is 0 Å². The zero-order valence-electron chi connectivity index (χ0n) is 14.2. The van der Waals surface area contributed by atoms with Gasteiger partial charge in [0.15, 0.2) is 0 Å². The first-order valence-electron chi connectivity index (χ1n) is 8.16. The topological polar surface area (TPSA) is 49.4 Å². The van der Waals surface area contributed by atoms with Crippen molar-refractivity contribution in [3.05, 3.63) is 29.8 Å². The highest BCUT2D eigenvalue weighted by molar-refractivity contribution is 6.39. The maximum atomic E-state index is 13.6. The average Bonchev–Trinajstić information content (AvgIpc) is 2.70. The molecule has 2 amide bonds. The third-order valence-electron chi connectivity index (χ3n) is 5.05. The van der Waals surface area contributed by atoms with Gasteiger partial charge in [-0.15, -0.1) is 0 Å². The standard InChI is InChI=1S/C18H22F2N2O2/c1-17(2)7-12-8-18(3,9-17)10-22(12)16(24)15(23)21-14-5-4-11(19)6-13(14)20/h4-6,12H,7-10H2,1-3H3,(H,21,23). The van der Waals surface area contributed by atoms with Crippen LogP contribution in [-0.2, 0) is 9.59 Å². The van der Waals surface area contributed by atoms with Crippen LogP contribution in [0.1, 0.15) is 40.0 Å². The van der Waals surface area contributed by atoms with Crippen LogP contribution in [0.3, 0.4) is 0 Å². The molecule has 1 N–H and O–H groups in total. The van der Waals surface area contributed by atoms with Crippen molar-refractivity contribution in [2.45, 2.75) is 46.1 Å². The minimum atomic E-state index is -0.899. The third kappa shape index (κ3) is 3.14. The van der Waals surface area contributed by atoms with Crippen molar-refractivity contribution in [2.24, 2.45) is 10.8 Å². The van der Waals surface area contributed by atoms with Gasteiger partial charge in [-0.25, -0.2) is 8.78 Å². The molecule has 130 valence electrons. The number of nitrogens with one attached hydrogen (secondary N) is 1. The average molecular weight is 336 g/mol. The van der Waals surface area contributed by atoms with Crippen LogP contribution >= 0.6 is 0 Å². The zero-order valence-corrected chi connectivity index (χ0v) is 14.2. The number of anilines is 1. The Morgan fingerprint density at radius 2 is 1.92 bits per heavy atom. The van der Waals surface area contributed by atoms with E-state index in [0.717, 1.165) is 31.4 Å². The van der Waals surface area contributed by atoms with E-state index in [1.807, 2.05) is 0 Å². The van der Waals surface area contributed by atoms with Gasteiger partial charge in [0.05, 0.1) is 5.69 Å². The first-order valence-corrected chi connectivity index (χ1v) is 8.16. The lowest BCUT2D eigenvalue weighted by Gasteiger charge is -2.39. The highest BCUT2D eigenvalue weighted by atomic mass is 19.1. The summed E-state index contributed by atoms with van der Waals surface area (Å²) < 4.78 is 26.6. The molecule has 0 radical (unpaired) electrons. The minimum Gasteiger partial charge on any atom is -0.331 e. The molecule has 1 heterocycles. The summed E-state index contributed by atoms with van der Waals surface area (Å²) in [5, 5.41) is 2.26. The molecule has 2 aliphatic rings. The van der Waals surface area contributed by atoms with E-state index in [2.05, 4.69) is 26.1 Å². The highest BCUT2D eigenvalue weighted by Gasteiger charge is 2.51. The predicted molar refractivity (Wildman–Crippen MR) is 86.2 cm³/mol. The summed E-state index contributed by atoms with van der Waals surface area (Å²) in [7, 11) is 0. The molecule has 4 nitrogen and oxygen atoms in total. The molecule has 1 aromatic carbocycles. The molecule has 2 fully saturated rings. The number of nitrogens with zero attached hydrogens (tertiary/aromatic N) is 1. The monoisotopic (exact) mass is 336 g/mol. The van der Waals surface area contributed by atoms with Gasteiger partial charge in [0.25, 0.3) is 0 Å². The van der Waals surface area contributed by atoms with E-state index < -0.39 is 23.4 Å². The molecule has 0 spiro atoms. The van der Waals surface area contributed by atoms with Gasteiger partial charge in [0.1, 0.15) is 11.6 Å². The molecular formula is C18H22F2N2O2. The Bertz CT molecular complexity index is 704. The van der Waals surface area contributed by atoms with Gasteiger partial charge in [-0.05, 0) is 42.2 Å². The second kappa shape index (κ2) is 5.53. The van der Waals surface area contributed by atoms with Gasteiger partial charge in [0, 0.05) is 18.7 Å². The molecule has 2 bridgehead atoms. The fourth-order valence-electron chi connectivity index (χ4n) is 4.59. The van der Waals surface area contributed by atoms with Crippen molar-refractivity contribution in [3.63, 3.8) is 0 Å². The van der Waals surface area contributed by atoms with Crippen LogP contribution in [0, 0.1) is 22.5 Å². The Balaban J connectivity index is 1.74. The van der Waals surface area contributed by atoms with Crippen LogP contribution in [0.5, 0.6) is 0 Å². The summed E-state index contributed by atoms with van der Waals surface area (Å²) in [5.41, 5.74) is -0.0427. The number of rotatable bonds is 1. The molecule has 1 saturated heterocycles. The molecule has 6 heteroatoms. The number of carbonyl (C=O) groups excluding carboxylic acids is 2. The fraction of sp³-hybridized carbons (Fsp3) is 0.556. The molecule has 24 heavy (non-hydrogen) atoms. The Kier molecular flexibility index (Phi) is 3.89. The molecule has 3 rings (SSSR count). The zero-order chi connectivity index (χ0) is 17.7. The van der Waals surface area contributed by atoms with Crippen molar-refractivity contribution in [1.29, 1.82) is 0 Å². The maximum Gasteiger partial charge on any atom is 0.313 e. The van der Waals surface area contributed by atoms with E-state index in [4.69, 9.17) is 0 Å². The van der Waals surface area contributed by atoms with Crippen LogP contribution in [0.15, 0.2) is 18.2 Å². The first-order chi connectivity index (χ1) is 11.1. The molecule has 1 aromatic rings. The normalized spacial score (nSPS) is 27.9. The number of amides is 2. The number of fused-ring (bicyclic) bond motifs is 2. The van der Waals surface area contributed by atoms with Gasteiger partial charge in [0.2, 0.25) is 0 Å². The Hall–Kier alpha value is -1.98. The van der Waals surface area contributed by atoms with E-state index in [0.29, 0.717) is 12.6 Å².